The predicted molar refractivity (Wildman–Crippen MR) is 147 cm³/mol. The molecule has 0 aliphatic rings. The van der Waals surface area contributed by atoms with E-state index in [-0.39, 0.29) is 18.0 Å². The second-order valence-electron chi connectivity index (χ2n) is 8.45. The first kappa shape index (κ1) is 25.8. The molecule has 0 spiro atoms. The van der Waals surface area contributed by atoms with E-state index in [1.165, 1.54) is 4.57 Å². The summed E-state index contributed by atoms with van der Waals surface area (Å²) in [7, 11) is 1.61. The second kappa shape index (κ2) is 12.1. The third kappa shape index (κ3) is 5.94. The minimum absolute atomic E-state index is 0.108. The number of pyridine rings is 1. The normalized spacial score (nSPS) is 11.2. The highest BCUT2D eigenvalue weighted by molar-refractivity contribution is 6.01. The summed E-state index contributed by atoms with van der Waals surface area (Å²) in [5.74, 6) is 2.07. The first-order valence-corrected chi connectivity index (χ1v) is 12.4. The summed E-state index contributed by atoms with van der Waals surface area (Å²) in [6.45, 7) is 5.74. The van der Waals surface area contributed by atoms with Gasteiger partial charge < -0.3 is 19.3 Å². The maximum atomic E-state index is 13.2. The van der Waals surface area contributed by atoms with Gasteiger partial charge in [-0.25, -0.2) is 0 Å². The molecule has 0 fully saturated rings. The van der Waals surface area contributed by atoms with Crippen molar-refractivity contribution in [3.63, 3.8) is 0 Å². The minimum Gasteiger partial charge on any atom is -0.497 e. The van der Waals surface area contributed by atoms with E-state index in [9.17, 15) is 9.90 Å². The summed E-state index contributed by atoms with van der Waals surface area (Å²) in [6.07, 6.45) is 2.34. The van der Waals surface area contributed by atoms with E-state index in [0.29, 0.717) is 42.5 Å². The highest BCUT2D eigenvalue weighted by atomic mass is 16.5. The fourth-order valence-corrected chi connectivity index (χ4v) is 4.20. The number of aromatic hydroxyl groups is 1. The van der Waals surface area contributed by atoms with Gasteiger partial charge in [-0.1, -0.05) is 36.4 Å². The number of nitrogens with zero attached hydrogens (tertiary/aromatic N) is 2. The standard InChI is InChI=1S/C30H32N2O5/c1-4-36-27-15-12-21(18-28(27)37-5-2)16-17-31-19-26-24-8-6-7-9-25(24)29(33)32(30(26)34)20-22-10-13-23(35-3)14-11-22/h6-15,18-19,34H,4-5,16-17,20H2,1-3H3. The Balaban J connectivity index is 1.59. The Morgan fingerprint density at radius 2 is 1.57 bits per heavy atom. The molecule has 1 aromatic heterocycles. The molecule has 0 radical (unpaired) electrons. The topological polar surface area (TPSA) is 82.3 Å². The zero-order valence-corrected chi connectivity index (χ0v) is 21.4. The molecule has 4 rings (SSSR count). The predicted octanol–water partition coefficient (Wildman–Crippen LogP) is 5.22. The molecule has 0 unspecified atom stereocenters. The zero-order chi connectivity index (χ0) is 26.2. The molecule has 7 nitrogen and oxygen atoms in total. The van der Waals surface area contributed by atoms with Crippen LogP contribution < -0.4 is 19.8 Å². The van der Waals surface area contributed by atoms with Crippen LogP contribution in [0.4, 0.5) is 0 Å². The fourth-order valence-electron chi connectivity index (χ4n) is 4.20. The number of fused-ring (bicyclic) bond motifs is 1. The third-order valence-electron chi connectivity index (χ3n) is 6.05. The monoisotopic (exact) mass is 500 g/mol. The third-order valence-corrected chi connectivity index (χ3v) is 6.05. The zero-order valence-electron chi connectivity index (χ0n) is 21.4. The van der Waals surface area contributed by atoms with Crippen LogP contribution in [0.1, 0.15) is 30.5 Å². The molecule has 0 bridgehead atoms. The molecular weight excluding hydrogens is 468 g/mol. The Morgan fingerprint density at radius 1 is 0.892 bits per heavy atom. The molecule has 4 aromatic rings. The first-order valence-electron chi connectivity index (χ1n) is 12.4. The summed E-state index contributed by atoms with van der Waals surface area (Å²) in [6, 6.07) is 20.6. The van der Waals surface area contributed by atoms with Crippen molar-refractivity contribution in [2.75, 3.05) is 26.9 Å². The Bertz CT molecular complexity index is 1440. The van der Waals surface area contributed by atoms with Crippen LogP contribution in [0.25, 0.3) is 10.8 Å². The highest BCUT2D eigenvalue weighted by Crippen LogP contribution is 2.29. The van der Waals surface area contributed by atoms with E-state index in [1.807, 2.05) is 74.5 Å². The van der Waals surface area contributed by atoms with Crippen LogP contribution in [-0.4, -0.2) is 42.8 Å². The molecule has 0 aliphatic heterocycles. The van der Waals surface area contributed by atoms with Crippen molar-refractivity contribution in [2.45, 2.75) is 26.8 Å². The molecule has 0 atom stereocenters. The molecule has 1 N–H and O–H groups in total. The number of methoxy groups -OCH3 is 1. The SMILES string of the molecule is CCOc1ccc(CCN=Cc2c(O)n(Cc3ccc(OC)cc3)c(=O)c3ccccc23)cc1OCC. The lowest BCUT2D eigenvalue weighted by atomic mass is 10.1. The van der Waals surface area contributed by atoms with E-state index in [2.05, 4.69) is 4.99 Å². The van der Waals surface area contributed by atoms with Gasteiger partial charge in [0.1, 0.15) is 5.75 Å². The first-order chi connectivity index (χ1) is 18.0. The number of aromatic nitrogens is 1. The second-order valence-corrected chi connectivity index (χ2v) is 8.45. The molecule has 3 aromatic carbocycles. The van der Waals surface area contributed by atoms with Crippen molar-refractivity contribution in [2.24, 2.45) is 4.99 Å². The molecule has 0 amide bonds. The number of benzene rings is 3. The van der Waals surface area contributed by atoms with Gasteiger partial charge >= 0.3 is 0 Å². The molecule has 0 saturated heterocycles. The molecule has 7 heteroatoms. The average molecular weight is 501 g/mol. The smallest absolute Gasteiger partial charge is 0.261 e. The molecule has 1 heterocycles. The largest absolute Gasteiger partial charge is 0.497 e. The number of ether oxygens (including phenoxy) is 3. The lowest BCUT2D eigenvalue weighted by Crippen LogP contribution is -2.22. The van der Waals surface area contributed by atoms with Crippen LogP contribution in [0.3, 0.4) is 0 Å². The van der Waals surface area contributed by atoms with E-state index in [4.69, 9.17) is 14.2 Å². The minimum atomic E-state index is -0.251. The molecule has 37 heavy (non-hydrogen) atoms. The number of hydrogen-bond donors (Lipinski definition) is 1. The van der Waals surface area contributed by atoms with Gasteiger partial charge in [-0.15, -0.1) is 0 Å². The van der Waals surface area contributed by atoms with Gasteiger partial charge in [-0.2, -0.15) is 0 Å². The molecule has 192 valence electrons. The van der Waals surface area contributed by atoms with Crippen LogP contribution in [0.15, 0.2) is 76.5 Å². The van der Waals surface area contributed by atoms with Crippen molar-refractivity contribution in [1.29, 1.82) is 0 Å². The van der Waals surface area contributed by atoms with E-state index in [0.717, 1.165) is 28.4 Å². The maximum absolute atomic E-state index is 13.2. The van der Waals surface area contributed by atoms with Gasteiger partial charge in [0.05, 0.1) is 32.4 Å². The van der Waals surface area contributed by atoms with Gasteiger partial charge in [-0.05, 0) is 61.7 Å². The van der Waals surface area contributed by atoms with Gasteiger partial charge in [0, 0.05) is 23.5 Å². The quantitative estimate of drug-likeness (QED) is 0.286. The van der Waals surface area contributed by atoms with E-state index >= 15 is 0 Å². The van der Waals surface area contributed by atoms with Crippen LogP contribution in [0, 0.1) is 0 Å². The molecular formula is C30H32N2O5. The summed E-state index contributed by atoms with van der Waals surface area (Å²) in [5.41, 5.74) is 2.21. The number of aliphatic imine (C=N–C) groups is 1. The van der Waals surface area contributed by atoms with Crippen LogP contribution >= 0.6 is 0 Å². The molecule has 0 saturated carbocycles. The molecule has 0 aliphatic carbocycles. The summed E-state index contributed by atoms with van der Waals surface area (Å²) < 4.78 is 18.0. The summed E-state index contributed by atoms with van der Waals surface area (Å²) in [5, 5.41) is 12.3. The van der Waals surface area contributed by atoms with Crippen molar-refractivity contribution in [3.8, 4) is 23.1 Å². The van der Waals surface area contributed by atoms with Gasteiger partial charge in [0.25, 0.3) is 5.56 Å². The Kier molecular flexibility index (Phi) is 8.46. The average Bonchev–Trinajstić information content (AvgIpc) is 2.92. The van der Waals surface area contributed by atoms with Gasteiger partial charge in [-0.3, -0.25) is 14.4 Å². The van der Waals surface area contributed by atoms with Gasteiger partial charge in [0.15, 0.2) is 11.5 Å². The Labute approximate surface area is 216 Å². The van der Waals surface area contributed by atoms with Crippen LogP contribution in [0.5, 0.6) is 23.1 Å². The van der Waals surface area contributed by atoms with E-state index < -0.39 is 0 Å². The van der Waals surface area contributed by atoms with Crippen LogP contribution in [0.2, 0.25) is 0 Å². The Morgan fingerprint density at radius 3 is 2.27 bits per heavy atom. The summed E-state index contributed by atoms with van der Waals surface area (Å²) in [4.78, 5) is 17.8. The van der Waals surface area contributed by atoms with Crippen molar-refractivity contribution in [3.05, 3.63) is 93.8 Å². The number of hydrogen-bond acceptors (Lipinski definition) is 6. The van der Waals surface area contributed by atoms with E-state index in [1.54, 1.807) is 19.4 Å². The maximum Gasteiger partial charge on any atom is 0.261 e. The number of rotatable bonds is 11. The highest BCUT2D eigenvalue weighted by Gasteiger charge is 2.15. The van der Waals surface area contributed by atoms with Crippen molar-refractivity contribution >= 4 is 17.0 Å². The van der Waals surface area contributed by atoms with Gasteiger partial charge in [0.2, 0.25) is 5.88 Å². The van der Waals surface area contributed by atoms with Crippen molar-refractivity contribution < 1.29 is 19.3 Å². The lowest BCUT2D eigenvalue weighted by molar-refractivity contribution is 0.287. The van der Waals surface area contributed by atoms with Crippen molar-refractivity contribution in [1.82, 2.24) is 4.57 Å². The van der Waals surface area contributed by atoms with Crippen LogP contribution in [-0.2, 0) is 13.0 Å². The summed E-state index contributed by atoms with van der Waals surface area (Å²) >= 11 is 0. The fraction of sp³-hybridized carbons (Fsp3) is 0.267. The lowest BCUT2D eigenvalue weighted by Gasteiger charge is -2.14. The Hall–Kier alpha value is -4.26.